The Morgan fingerprint density at radius 3 is 2.85 bits per heavy atom. The highest BCUT2D eigenvalue weighted by molar-refractivity contribution is 7.98. The molecule has 4 heteroatoms. The van der Waals surface area contributed by atoms with E-state index in [9.17, 15) is 0 Å². The molecule has 0 unspecified atom stereocenters. The number of benzene rings is 1. The lowest BCUT2D eigenvalue weighted by Crippen LogP contribution is -2.07. The Kier molecular flexibility index (Phi) is 4.31. The molecule has 1 heterocycles. The summed E-state index contributed by atoms with van der Waals surface area (Å²) in [4.78, 5) is 1.28. The zero-order valence-electron chi connectivity index (χ0n) is 11.9. The Bertz CT molecular complexity index is 558. The van der Waals surface area contributed by atoms with Gasteiger partial charge in [-0.3, -0.25) is 4.68 Å². The van der Waals surface area contributed by atoms with Gasteiger partial charge >= 0.3 is 0 Å². The van der Waals surface area contributed by atoms with Crippen molar-refractivity contribution in [3.63, 3.8) is 0 Å². The lowest BCUT2D eigenvalue weighted by Gasteiger charge is -2.10. The van der Waals surface area contributed by atoms with Gasteiger partial charge in [-0.2, -0.15) is 5.10 Å². The van der Waals surface area contributed by atoms with Crippen LogP contribution >= 0.6 is 11.8 Å². The van der Waals surface area contributed by atoms with Gasteiger partial charge in [0.2, 0.25) is 0 Å². The fraction of sp³-hybridized carbons (Fsp3) is 0.438. The third-order valence-corrected chi connectivity index (χ3v) is 4.73. The molecule has 3 rings (SSSR count). The smallest absolute Gasteiger partial charge is 0.0815 e. The third-order valence-electron chi connectivity index (χ3n) is 3.93. The van der Waals surface area contributed by atoms with E-state index in [0.29, 0.717) is 6.04 Å². The van der Waals surface area contributed by atoms with Gasteiger partial charge in [0.05, 0.1) is 18.3 Å². The number of para-hydroxylation sites is 1. The molecule has 1 N–H and O–H groups in total. The summed E-state index contributed by atoms with van der Waals surface area (Å²) in [6.45, 7) is 0.789. The molecule has 3 nitrogen and oxygen atoms in total. The van der Waals surface area contributed by atoms with Gasteiger partial charge in [0.1, 0.15) is 0 Å². The molecule has 0 atom stereocenters. The molecule has 0 bridgehead atoms. The Morgan fingerprint density at radius 1 is 1.25 bits per heavy atom. The molecule has 106 valence electrons. The largest absolute Gasteiger partial charge is 0.378 e. The van der Waals surface area contributed by atoms with Crippen molar-refractivity contribution in [1.82, 2.24) is 9.78 Å². The summed E-state index contributed by atoms with van der Waals surface area (Å²) in [7, 11) is 0. The van der Waals surface area contributed by atoms with Crippen LogP contribution in [0.4, 0.5) is 5.69 Å². The van der Waals surface area contributed by atoms with Crippen molar-refractivity contribution in [2.75, 3.05) is 11.6 Å². The van der Waals surface area contributed by atoms with E-state index in [4.69, 9.17) is 5.10 Å². The van der Waals surface area contributed by atoms with Crippen LogP contribution in [0.2, 0.25) is 0 Å². The van der Waals surface area contributed by atoms with Gasteiger partial charge in [-0.25, -0.2) is 0 Å². The quantitative estimate of drug-likeness (QED) is 0.830. The summed E-state index contributed by atoms with van der Waals surface area (Å²) in [5, 5.41) is 8.20. The lowest BCUT2D eigenvalue weighted by atomic mass is 10.3. The molecule has 1 aromatic heterocycles. The number of anilines is 1. The predicted molar refractivity (Wildman–Crippen MR) is 85.3 cm³/mol. The number of thioether (sulfide) groups is 1. The Balaban J connectivity index is 1.63. The Morgan fingerprint density at radius 2 is 2.05 bits per heavy atom. The number of rotatable bonds is 5. The highest BCUT2D eigenvalue weighted by atomic mass is 32.2. The molecule has 0 spiro atoms. The SMILES string of the molecule is CSc1ccccc1NCc1ccn(C2CCCC2)n1. The lowest BCUT2D eigenvalue weighted by molar-refractivity contribution is 0.463. The van der Waals surface area contributed by atoms with Crippen LogP contribution in [0.15, 0.2) is 41.4 Å². The maximum Gasteiger partial charge on any atom is 0.0815 e. The average Bonchev–Trinajstić information content (AvgIpc) is 3.16. The van der Waals surface area contributed by atoms with Gasteiger partial charge in [0.25, 0.3) is 0 Å². The summed E-state index contributed by atoms with van der Waals surface area (Å²) < 4.78 is 2.16. The summed E-state index contributed by atoms with van der Waals surface area (Å²) in [5.41, 5.74) is 2.31. The minimum Gasteiger partial charge on any atom is -0.378 e. The third kappa shape index (κ3) is 3.01. The molecule has 0 aliphatic heterocycles. The summed E-state index contributed by atoms with van der Waals surface area (Å²) >= 11 is 1.77. The van der Waals surface area contributed by atoms with E-state index < -0.39 is 0 Å². The average molecular weight is 287 g/mol. The topological polar surface area (TPSA) is 29.9 Å². The predicted octanol–water partition coefficient (Wildman–Crippen LogP) is 4.33. The second-order valence-corrected chi connectivity index (χ2v) is 6.13. The first-order valence-electron chi connectivity index (χ1n) is 7.28. The second-order valence-electron chi connectivity index (χ2n) is 5.28. The fourth-order valence-electron chi connectivity index (χ4n) is 2.82. The minimum atomic E-state index is 0.627. The standard InChI is InChI=1S/C16H21N3S/c1-20-16-9-5-4-8-15(16)17-12-13-10-11-19(18-13)14-6-2-3-7-14/h4-5,8-11,14,17H,2-3,6-7,12H2,1H3. The summed E-state index contributed by atoms with van der Waals surface area (Å²) in [6, 6.07) is 11.2. The van der Waals surface area contributed by atoms with Gasteiger partial charge < -0.3 is 5.32 Å². The van der Waals surface area contributed by atoms with E-state index in [1.165, 1.54) is 36.3 Å². The van der Waals surface area contributed by atoms with Crippen LogP contribution in [-0.2, 0) is 6.54 Å². The normalized spacial score (nSPS) is 15.7. The second kappa shape index (κ2) is 6.35. The molecule has 2 aromatic rings. The highest BCUT2D eigenvalue weighted by Crippen LogP contribution is 2.29. The molecule has 1 aliphatic rings. The molecule has 0 amide bonds. The highest BCUT2D eigenvalue weighted by Gasteiger charge is 2.17. The molecule has 20 heavy (non-hydrogen) atoms. The first-order chi connectivity index (χ1) is 9.86. The summed E-state index contributed by atoms with van der Waals surface area (Å²) in [6.07, 6.45) is 9.49. The Hall–Kier alpha value is -1.42. The van der Waals surface area contributed by atoms with Crippen LogP contribution in [0.3, 0.4) is 0 Å². The van der Waals surface area contributed by atoms with Crippen molar-refractivity contribution >= 4 is 17.4 Å². The molecular weight excluding hydrogens is 266 g/mol. The number of nitrogens with zero attached hydrogens (tertiary/aromatic N) is 2. The number of aromatic nitrogens is 2. The van der Waals surface area contributed by atoms with Crippen LogP contribution < -0.4 is 5.32 Å². The first kappa shape index (κ1) is 13.6. The fourth-order valence-corrected chi connectivity index (χ4v) is 3.40. The van der Waals surface area contributed by atoms with Crippen molar-refractivity contribution in [3.05, 3.63) is 42.2 Å². The molecule has 1 aliphatic carbocycles. The number of hydrogen-bond acceptors (Lipinski definition) is 3. The van der Waals surface area contributed by atoms with Crippen molar-refractivity contribution in [3.8, 4) is 0 Å². The van der Waals surface area contributed by atoms with Crippen molar-refractivity contribution in [2.45, 2.75) is 43.2 Å². The number of hydrogen-bond donors (Lipinski definition) is 1. The van der Waals surface area contributed by atoms with Crippen LogP contribution in [0.25, 0.3) is 0 Å². The molecule has 0 radical (unpaired) electrons. The van der Waals surface area contributed by atoms with E-state index in [0.717, 1.165) is 12.2 Å². The molecule has 1 fully saturated rings. The maximum atomic E-state index is 4.71. The zero-order valence-corrected chi connectivity index (χ0v) is 12.7. The van der Waals surface area contributed by atoms with Gasteiger partial charge in [-0.15, -0.1) is 11.8 Å². The van der Waals surface area contributed by atoms with E-state index in [-0.39, 0.29) is 0 Å². The molecule has 0 saturated heterocycles. The van der Waals surface area contributed by atoms with Crippen LogP contribution in [-0.4, -0.2) is 16.0 Å². The number of nitrogens with one attached hydrogen (secondary N) is 1. The van der Waals surface area contributed by atoms with Gasteiger partial charge in [-0.05, 0) is 37.3 Å². The summed E-state index contributed by atoms with van der Waals surface area (Å²) in [5.74, 6) is 0. The van der Waals surface area contributed by atoms with Crippen molar-refractivity contribution in [1.29, 1.82) is 0 Å². The van der Waals surface area contributed by atoms with Gasteiger partial charge in [0.15, 0.2) is 0 Å². The van der Waals surface area contributed by atoms with Crippen LogP contribution in [0, 0.1) is 0 Å². The molecular formula is C16H21N3S. The minimum absolute atomic E-state index is 0.627. The van der Waals surface area contributed by atoms with E-state index >= 15 is 0 Å². The van der Waals surface area contributed by atoms with Gasteiger partial charge in [-0.1, -0.05) is 25.0 Å². The maximum absolute atomic E-state index is 4.71. The van der Waals surface area contributed by atoms with Crippen molar-refractivity contribution in [2.24, 2.45) is 0 Å². The first-order valence-corrected chi connectivity index (χ1v) is 8.50. The molecule has 1 aromatic carbocycles. The van der Waals surface area contributed by atoms with E-state index in [1.807, 2.05) is 0 Å². The van der Waals surface area contributed by atoms with Gasteiger partial charge in [0, 0.05) is 16.8 Å². The van der Waals surface area contributed by atoms with E-state index in [1.54, 1.807) is 11.8 Å². The molecule has 1 saturated carbocycles. The van der Waals surface area contributed by atoms with Crippen molar-refractivity contribution < 1.29 is 0 Å². The monoisotopic (exact) mass is 287 g/mol. The van der Waals surface area contributed by atoms with Crippen LogP contribution in [0.1, 0.15) is 37.4 Å². The zero-order chi connectivity index (χ0) is 13.8. The van der Waals surface area contributed by atoms with E-state index in [2.05, 4.69) is 52.8 Å². The Labute approximate surface area is 124 Å². The van der Waals surface area contributed by atoms with Crippen LogP contribution in [0.5, 0.6) is 0 Å².